The summed E-state index contributed by atoms with van der Waals surface area (Å²) in [6.45, 7) is 7.13. The van der Waals surface area contributed by atoms with Crippen LogP contribution in [0.2, 0.25) is 0 Å². The number of nitrogens with one attached hydrogen (secondary N) is 1. The zero-order valence-electron chi connectivity index (χ0n) is 12.3. The Bertz CT molecular complexity index is 585. The van der Waals surface area contributed by atoms with Gasteiger partial charge in [0.2, 0.25) is 0 Å². The highest BCUT2D eigenvalue weighted by Crippen LogP contribution is 2.22. The molecule has 2 rings (SSSR count). The topological polar surface area (TPSA) is 55.6 Å². The summed E-state index contributed by atoms with van der Waals surface area (Å²) >= 11 is 3.44. The quantitative estimate of drug-likeness (QED) is 0.871. The van der Waals surface area contributed by atoms with E-state index >= 15 is 0 Å². The summed E-state index contributed by atoms with van der Waals surface area (Å²) in [6.07, 6.45) is 2.72. The highest BCUT2D eigenvalue weighted by atomic mass is 79.9. The second-order valence-corrected chi connectivity index (χ2v) is 6.58. The van der Waals surface area contributed by atoms with E-state index in [9.17, 15) is 0 Å². The minimum atomic E-state index is -0.0672. The van der Waals surface area contributed by atoms with Crippen molar-refractivity contribution in [3.8, 4) is 0 Å². The average molecular weight is 338 g/mol. The molecule has 2 heterocycles. The zero-order valence-corrected chi connectivity index (χ0v) is 13.9. The second kappa shape index (κ2) is 5.91. The molecule has 0 spiro atoms. The Labute approximate surface area is 128 Å². The number of rotatable bonds is 4. The van der Waals surface area contributed by atoms with Crippen molar-refractivity contribution in [1.29, 1.82) is 0 Å². The van der Waals surface area contributed by atoms with Crippen LogP contribution in [0.25, 0.3) is 0 Å². The third kappa shape index (κ3) is 3.79. The highest BCUT2D eigenvalue weighted by Gasteiger charge is 2.18. The van der Waals surface area contributed by atoms with Gasteiger partial charge in [0.1, 0.15) is 16.2 Å². The molecule has 2 aromatic rings. The van der Waals surface area contributed by atoms with Gasteiger partial charge in [-0.2, -0.15) is 5.10 Å². The van der Waals surface area contributed by atoms with Crippen LogP contribution < -0.4 is 5.32 Å². The molecule has 0 radical (unpaired) electrons. The van der Waals surface area contributed by atoms with Crippen LogP contribution in [0.15, 0.2) is 22.9 Å². The van der Waals surface area contributed by atoms with Crippen molar-refractivity contribution < 1.29 is 0 Å². The minimum absolute atomic E-state index is 0.0672. The van der Waals surface area contributed by atoms with Crippen LogP contribution in [0.3, 0.4) is 0 Å². The van der Waals surface area contributed by atoms with Crippen LogP contribution in [0.1, 0.15) is 32.3 Å². The lowest BCUT2D eigenvalue weighted by molar-refractivity contribution is 0.544. The highest BCUT2D eigenvalue weighted by molar-refractivity contribution is 9.10. The van der Waals surface area contributed by atoms with Crippen molar-refractivity contribution in [3.05, 3.63) is 34.5 Å². The van der Waals surface area contributed by atoms with Crippen LogP contribution in [0.4, 0.5) is 5.82 Å². The van der Waals surface area contributed by atoms with Gasteiger partial charge in [0.05, 0.1) is 0 Å². The summed E-state index contributed by atoms with van der Waals surface area (Å²) in [5, 5.41) is 7.50. The van der Waals surface area contributed by atoms with Gasteiger partial charge in [0.15, 0.2) is 0 Å². The summed E-state index contributed by atoms with van der Waals surface area (Å²) in [5.41, 5.74) is 1.13. The van der Waals surface area contributed by atoms with Gasteiger partial charge in [-0.1, -0.05) is 20.8 Å². The molecule has 0 saturated carbocycles. The van der Waals surface area contributed by atoms with Crippen molar-refractivity contribution in [2.75, 3.05) is 11.9 Å². The Hall–Kier alpha value is -1.43. The largest absolute Gasteiger partial charge is 0.370 e. The Morgan fingerprint density at radius 3 is 2.65 bits per heavy atom. The van der Waals surface area contributed by atoms with Gasteiger partial charge in [-0.3, -0.25) is 4.68 Å². The summed E-state index contributed by atoms with van der Waals surface area (Å²) in [5.74, 6) is 1.67. The van der Waals surface area contributed by atoms with E-state index in [1.807, 2.05) is 30.1 Å². The van der Waals surface area contributed by atoms with E-state index in [0.29, 0.717) is 0 Å². The van der Waals surface area contributed by atoms with E-state index in [4.69, 9.17) is 0 Å². The summed E-state index contributed by atoms with van der Waals surface area (Å²) in [4.78, 5) is 9.00. The van der Waals surface area contributed by atoms with Crippen molar-refractivity contribution >= 4 is 21.7 Å². The Balaban J connectivity index is 2.03. The fraction of sp³-hybridized carbons (Fsp3) is 0.500. The van der Waals surface area contributed by atoms with Crippen LogP contribution >= 0.6 is 15.9 Å². The zero-order chi connectivity index (χ0) is 14.8. The molecule has 1 N–H and O–H groups in total. The molecule has 108 valence electrons. The van der Waals surface area contributed by atoms with Gasteiger partial charge in [-0.15, -0.1) is 0 Å². The number of anilines is 1. The molecule has 0 fully saturated rings. The van der Waals surface area contributed by atoms with Gasteiger partial charge < -0.3 is 5.32 Å². The van der Waals surface area contributed by atoms with Crippen LogP contribution in [-0.4, -0.2) is 26.3 Å². The van der Waals surface area contributed by atoms with E-state index in [1.165, 1.54) is 5.69 Å². The molecule has 0 aliphatic heterocycles. The Kier molecular flexibility index (Phi) is 4.42. The van der Waals surface area contributed by atoms with Crippen molar-refractivity contribution in [2.24, 2.45) is 7.05 Å². The summed E-state index contributed by atoms with van der Waals surface area (Å²) in [6, 6.07) is 3.93. The molecule has 0 unspecified atom stereocenters. The molecular formula is C14H20BrN5. The van der Waals surface area contributed by atoms with Gasteiger partial charge in [-0.05, 0) is 22.0 Å². The molecule has 2 aromatic heterocycles. The smallest absolute Gasteiger partial charge is 0.137 e. The molecular weight excluding hydrogens is 318 g/mol. The van der Waals surface area contributed by atoms with Crippen LogP contribution in [-0.2, 0) is 18.9 Å². The van der Waals surface area contributed by atoms with E-state index in [0.717, 1.165) is 29.2 Å². The van der Waals surface area contributed by atoms with Gasteiger partial charge in [0, 0.05) is 43.4 Å². The third-order valence-electron chi connectivity index (χ3n) is 2.98. The lowest BCUT2D eigenvalue weighted by Crippen LogP contribution is -2.18. The molecule has 0 amide bonds. The number of nitrogens with zero attached hydrogens (tertiary/aromatic N) is 4. The van der Waals surface area contributed by atoms with Crippen LogP contribution in [0, 0.1) is 0 Å². The van der Waals surface area contributed by atoms with Gasteiger partial charge in [-0.25, -0.2) is 9.97 Å². The first-order valence-electron chi connectivity index (χ1n) is 6.62. The monoisotopic (exact) mass is 337 g/mol. The van der Waals surface area contributed by atoms with E-state index in [-0.39, 0.29) is 5.41 Å². The van der Waals surface area contributed by atoms with E-state index in [1.54, 1.807) is 0 Å². The number of aryl methyl sites for hydroxylation is 1. The molecule has 0 aliphatic carbocycles. The number of aromatic nitrogens is 4. The molecule has 0 aliphatic rings. The van der Waals surface area contributed by atoms with Gasteiger partial charge >= 0.3 is 0 Å². The maximum atomic E-state index is 4.57. The molecule has 5 nitrogen and oxygen atoms in total. The van der Waals surface area contributed by atoms with Crippen molar-refractivity contribution in [1.82, 2.24) is 19.7 Å². The molecule has 20 heavy (non-hydrogen) atoms. The summed E-state index contributed by atoms with van der Waals surface area (Å²) in [7, 11) is 1.95. The SMILES string of the molecule is Cn1nccc1CCNc1cc(Br)nc(C(C)(C)C)n1. The predicted octanol–water partition coefficient (Wildman–Crippen LogP) is 2.92. The summed E-state index contributed by atoms with van der Waals surface area (Å²) < 4.78 is 2.69. The number of hydrogen-bond donors (Lipinski definition) is 1. The molecule has 0 atom stereocenters. The standard InChI is InChI=1S/C14H20BrN5/c1-14(2,3)13-18-11(15)9-12(19-13)16-7-5-10-6-8-17-20(10)4/h6,8-9H,5,7H2,1-4H3,(H,16,18,19). The Morgan fingerprint density at radius 2 is 2.05 bits per heavy atom. The average Bonchev–Trinajstić information content (AvgIpc) is 2.73. The first kappa shape index (κ1) is 15.0. The first-order chi connectivity index (χ1) is 9.36. The number of hydrogen-bond acceptors (Lipinski definition) is 4. The lowest BCUT2D eigenvalue weighted by Gasteiger charge is -2.18. The maximum Gasteiger partial charge on any atom is 0.137 e. The molecule has 6 heteroatoms. The van der Waals surface area contributed by atoms with Crippen molar-refractivity contribution in [2.45, 2.75) is 32.6 Å². The lowest BCUT2D eigenvalue weighted by atomic mass is 9.96. The molecule has 0 saturated heterocycles. The minimum Gasteiger partial charge on any atom is -0.370 e. The second-order valence-electron chi connectivity index (χ2n) is 5.77. The normalized spacial score (nSPS) is 11.7. The van der Waals surface area contributed by atoms with Crippen molar-refractivity contribution in [3.63, 3.8) is 0 Å². The van der Waals surface area contributed by atoms with E-state index < -0.39 is 0 Å². The predicted molar refractivity (Wildman–Crippen MR) is 83.8 cm³/mol. The van der Waals surface area contributed by atoms with E-state index in [2.05, 4.69) is 57.1 Å². The fourth-order valence-corrected chi connectivity index (χ4v) is 2.19. The fourth-order valence-electron chi connectivity index (χ4n) is 1.81. The molecule has 0 aromatic carbocycles. The van der Waals surface area contributed by atoms with Gasteiger partial charge in [0.25, 0.3) is 0 Å². The molecule has 0 bridgehead atoms. The number of halogens is 1. The van der Waals surface area contributed by atoms with Crippen LogP contribution in [0.5, 0.6) is 0 Å². The third-order valence-corrected chi connectivity index (χ3v) is 3.38. The maximum absolute atomic E-state index is 4.57. The first-order valence-corrected chi connectivity index (χ1v) is 7.41. The Morgan fingerprint density at radius 1 is 1.30 bits per heavy atom.